The second kappa shape index (κ2) is 8.52. The van der Waals surface area contributed by atoms with E-state index in [1.54, 1.807) is 26.1 Å². The normalized spacial score (nSPS) is 19.7. The Labute approximate surface area is 161 Å². The van der Waals surface area contributed by atoms with Crippen molar-refractivity contribution >= 4 is 17.8 Å². The Morgan fingerprint density at radius 3 is 2.44 bits per heavy atom. The Balaban J connectivity index is 1.96. The maximum atomic E-state index is 12.8. The molecule has 1 atom stereocenters. The fourth-order valence-electron chi connectivity index (χ4n) is 3.13. The number of carbonyl (C=O) groups is 3. The predicted octanol–water partition coefficient (Wildman–Crippen LogP) is 2.18. The van der Waals surface area contributed by atoms with Crippen molar-refractivity contribution in [2.24, 2.45) is 5.92 Å². The molecule has 1 aromatic rings. The quantitative estimate of drug-likeness (QED) is 0.684. The average Bonchev–Trinajstić information content (AvgIpc) is 2.83. The van der Waals surface area contributed by atoms with E-state index in [0.29, 0.717) is 24.4 Å². The fraction of sp³-hybridized carbons (Fsp3) is 0.550. The Morgan fingerprint density at radius 2 is 1.89 bits per heavy atom. The van der Waals surface area contributed by atoms with Crippen LogP contribution in [0, 0.1) is 5.92 Å². The fourth-order valence-corrected chi connectivity index (χ4v) is 3.13. The summed E-state index contributed by atoms with van der Waals surface area (Å²) in [6.45, 7) is 6.79. The van der Waals surface area contributed by atoms with Crippen LogP contribution in [0.3, 0.4) is 0 Å². The summed E-state index contributed by atoms with van der Waals surface area (Å²) in [5.41, 5.74) is 0.774. The molecule has 7 heteroatoms. The first-order valence-corrected chi connectivity index (χ1v) is 9.30. The van der Waals surface area contributed by atoms with Gasteiger partial charge in [0.25, 0.3) is 11.8 Å². The maximum absolute atomic E-state index is 12.8. The van der Waals surface area contributed by atoms with Gasteiger partial charge in [0.05, 0.1) is 6.67 Å². The van der Waals surface area contributed by atoms with Crippen LogP contribution >= 0.6 is 0 Å². The summed E-state index contributed by atoms with van der Waals surface area (Å²) in [5.74, 6) is 0.172. The van der Waals surface area contributed by atoms with Crippen LogP contribution in [0.5, 0.6) is 0 Å². The minimum Gasteiger partial charge on any atom is -0.355 e. The van der Waals surface area contributed by atoms with Gasteiger partial charge in [-0.1, -0.05) is 26.0 Å². The van der Waals surface area contributed by atoms with Crippen molar-refractivity contribution < 1.29 is 14.4 Å². The van der Waals surface area contributed by atoms with Gasteiger partial charge in [-0.15, -0.1) is 0 Å². The highest BCUT2D eigenvalue weighted by Gasteiger charge is 2.47. The van der Waals surface area contributed by atoms with Gasteiger partial charge < -0.3 is 10.6 Å². The van der Waals surface area contributed by atoms with Crippen molar-refractivity contribution in [1.29, 1.82) is 0 Å². The second-order valence-electron chi connectivity index (χ2n) is 7.86. The molecule has 148 valence electrons. The molecular weight excluding hydrogens is 344 g/mol. The zero-order chi connectivity index (χ0) is 20.2. The third-order valence-corrected chi connectivity index (χ3v) is 4.85. The van der Waals surface area contributed by atoms with Crippen LogP contribution in [0.2, 0.25) is 0 Å². The summed E-state index contributed by atoms with van der Waals surface area (Å²) in [6.07, 6.45) is 1.51. The van der Waals surface area contributed by atoms with E-state index in [0.717, 1.165) is 12.0 Å². The Bertz CT molecular complexity index is 702. The van der Waals surface area contributed by atoms with Gasteiger partial charge in [0.15, 0.2) is 0 Å². The number of rotatable bonds is 8. The smallest absolute Gasteiger partial charge is 0.326 e. The van der Waals surface area contributed by atoms with Crippen molar-refractivity contribution in [2.45, 2.75) is 45.7 Å². The number of carbonyl (C=O) groups excluding carboxylic acids is 3. The number of benzene rings is 1. The zero-order valence-electron chi connectivity index (χ0n) is 16.8. The van der Waals surface area contributed by atoms with Crippen molar-refractivity contribution in [3.8, 4) is 0 Å². The minimum atomic E-state index is -0.822. The lowest BCUT2D eigenvalue weighted by Crippen LogP contribution is -2.45. The van der Waals surface area contributed by atoms with Gasteiger partial charge in [-0.3, -0.25) is 14.5 Å². The Morgan fingerprint density at radius 1 is 1.26 bits per heavy atom. The van der Waals surface area contributed by atoms with Gasteiger partial charge in [-0.2, -0.15) is 0 Å². The molecule has 27 heavy (non-hydrogen) atoms. The molecule has 0 unspecified atom stereocenters. The number of hydrogen-bond acceptors (Lipinski definition) is 4. The van der Waals surface area contributed by atoms with Crippen LogP contribution in [0.15, 0.2) is 24.3 Å². The number of urea groups is 1. The molecule has 1 aromatic carbocycles. The molecule has 1 saturated heterocycles. The van der Waals surface area contributed by atoms with Crippen molar-refractivity contribution in [1.82, 2.24) is 20.4 Å². The van der Waals surface area contributed by atoms with Crippen molar-refractivity contribution in [3.63, 3.8) is 0 Å². The summed E-state index contributed by atoms with van der Waals surface area (Å²) in [7, 11) is 3.45. The average molecular weight is 374 g/mol. The van der Waals surface area contributed by atoms with E-state index in [4.69, 9.17) is 0 Å². The molecule has 0 radical (unpaired) electrons. The largest absolute Gasteiger partial charge is 0.355 e. The molecule has 1 heterocycles. The van der Waals surface area contributed by atoms with E-state index < -0.39 is 5.54 Å². The summed E-state index contributed by atoms with van der Waals surface area (Å²) in [6, 6.07) is 6.93. The molecule has 7 nitrogen and oxygen atoms in total. The number of imide groups is 1. The molecule has 0 aliphatic carbocycles. The first-order valence-electron chi connectivity index (χ1n) is 9.30. The molecule has 1 aliphatic rings. The van der Waals surface area contributed by atoms with E-state index in [1.807, 2.05) is 24.1 Å². The van der Waals surface area contributed by atoms with Gasteiger partial charge in [0.2, 0.25) is 0 Å². The first kappa shape index (κ1) is 20.9. The highest BCUT2D eigenvalue weighted by Crippen LogP contribution is 2.25. The minimum absolute atomic E-state index is 0.130. The lowest BCUT2D eigenvalue weighted by molar-refractivity contribution is -0.132. The number of nitrogens with one attached hydrogen (secondary N) is 2. The first-order chi connectivity index (χ1) is 12.7. The molecule has 1 aliphatic heterocycles. The van der Waals surface area contributed by atoms with E-state index in [2.05, 4.69) is 24.5 Å². The van der Waals surface area contributed by atoms with Gasteiger partial charge in [0.1, 0.15) is 5.54 Å². The molecule has 4 amide bonds. The summed E-state index contributed by atoms with van der Waals surface area (Å²) in [5, 5.41) is 5.43. The van der Waals surface area contributed by atoms with Crippen LogP contribution < -0.4 is 10.6 Å². The summed E-state index contributed by atoms with van der Waals surface area (Å²) >= 11 is 0. The molecule has 0 spiro atoms. The lowest BCUT2D eigenvalue weighted by Gasteiger charge is -2.25. The molecular formula is C20H30N4O3. The molecule has 1 fully saturated rings. The van der Waals surface area contributed by atoms with Crippen LogP contribution in [0.25, 0.3) is 0 Å². The summed E-state index contributed by atoms with van der Waals surface area (Å²) < 4.78 is 0. The SMILES string of the molecule is CNC(=O)c1ccc(CN(C)CN2C(=O)N[C@@](C)(CCC(C)C)C2=O)cc1. The van der Waals surface area contributed by atoms with E-state index in [9.17, 15) is 14.4 Å². The standard InChI is InChI=1S/C20H30N4O3/c1-14(2)10-11-20(3)18(26)24(19(27)22-20)13-23(5)12-15-6-8-16(9-7-15)17(25)21-4/h6-9,14H,10-13H2,1-5H3,(H,21,25)(H,22,27)/t20-/m0/s1. The third kappa shape index (κ3) is 5.07. The van der Waals surface area contributed by atoms with E-state index in [-0.39, 0.29) is 24.5 Å². The molecule has 0 aromatic heterocycles. The number of amides is 4. The topological polar surface area (TPSA) is 81.8 Å². The molecule has 2 N–H and O–H groups in total. The molecule has 0 saturated carbocycles. The van der Waals surface area contributed by atoms with E-state index >= 15 is 0 Å². The highest BCUT2D eigenvalue weighted by molar-refractivity contribution is 6.06. The van der Waals surface area contributed by atoms with Crippen molar-refractivity contribution in [3.05, 3.63) is 35.4 Å². The van der Waals surface area contributed by atoms with Crippen LogP contribution in [-0.4, -0.2) is 53.9 Å². The maximum Gasteiger partial charge on any atom is 0.326 e. The van der Waals surface area contributed by atoms with Gasteiger partial charge in [0, 0.05) is 19.2 Å². The van der Waals surface area contributed by atoms with Gasteiger partial charge in [-0.25, -0.2) is 9.69 Å². The second-order valence-corrected chi connectivity index (χ2v) is 7.86. The van der Waals surface area contributed by atoms with E-state index in [1.165, 1.54) is 4.90 Å². The zero-order valence-corrected chi connectivity index (χ0v) is 16.8. The van der Waals surface area contributed by atoms with Crippen LogP contribution in [-0.2, 0) is 11.3 Å². The Kier molecular flexibility index (Phi) is 6.59. The molecule has 0 bridgehead atoms. The highest BCUT2D eigenvalue weighted by atomic mass is 16.2. The third-order valence-electron chi connectivity index (χ3n) is 4.85. The number of hydrogen-bond donors (Lipinski definition) is 2. The van der Waals surface area contributed by atoms with Crippen LogP contribution in [0.4, 0.5) is 4.79 Å². The summed E-state index contributed by atoms with van der Waals surface area (Å²) in [4.78, 5) is 39.8. The Hall–Kier alpha value is -2.41. The van der Waals surface area contributed by atoms with Gasteiger partial charge >= 0.3 is 6.03 Å². The monoisotopic (exact) mass is 374 g/mol. The lowest BCUT2D eigenvalue weighted by atomic mass is 9.92. The van der Waals surface area contributed by atoms with Crippen LogP contribution in [0.1, 0.15) is 49.5 Å². The molecule has 2 rings (SSSR count). The van der Waals surface area contributed by atoms with Crippen molar-refractivity contribution in [2.75, 3.05) is 20.8 Å². The number of nitrogens with zero attached hydrogens (tertiary/aromatic N) is 2. The predicted molar refractivity (Wildman–Crippen MR) is 104 cm³/mol. The van der Waals surface area contributed by atoms with Gasteiger partial charge in [-0.05, 0) is 50.4 Å².